The molecule has 200 valence electrons. The fourth-order valence-corrected chi connectivity index (χ4v) is 4.28. The molecule has 3 heterocycles. The van der Waals surface area contributed by atoms with Gasteiger partial charge in [-0.2, -0.15) is 5.10 Å². The van der Waals surface area contributed by atoms with Crippen molar-refractivity contribution in [2.75, 3.05) is 0 Å². The van der Waals surface area contributed by atoms with Crippen LogP contribution in [0.4, 0.5) is 4.79 Å². The van der Waals surface area contributed by atoms with E-state index in [1.807, 2.05) is 6.07 Å². The summed E-state index contributed by atoms with van der Waals surface area (Å²) in [5.41, 5.74) is 1.61. The minimum Gasteiger partial charge on any atom is -0.460 e. The first-order valence-electron chi connectivity index (χ1n) is 12.2. The highest BCUT2D eigenvalue weighted by molar-refractivity contribution is 6.10. The minimum absolute atomic E-state index is 0.207. The molecule has 4 rings (SSSR count). The zero-order valence-electron chi connectivity index (χ0n) is 22.7. The van der Waals surface area contributed by atoms with Gasteiger partial charge in [0.1, 0.15) is 17.2 Å². The lowest BCUT2D eigenvalue weighted by atomic mass is 9.94. The van der Waals surface area contributed by atoms with Crippen LogP contribution in [-0.2, 0) is 14.3 Å². The minimum atomic E-state index is -1.14. The van der Waals surface area contributed by atoms with Crippen molar-refractivity contribution in [3.63, 3.8) is 0 Å². The van der Waals surface area contributed by atoms with E-state index in [0.29, 0.717) is 22.4 Å². The van der Waals surface area contributed by atoms with Crippen molar-refractivity contribution < 1.29 is 28.4 Å². The van der Waals surface area contributed by atoms with Crippen LogP contribution in [0.25, 0.3) is 28.5 Å². The predicted molar refractivity (Wildman–Crippen MR) is 140 cm³/mol. The summed E-state index contributed by atoms with van der Waals surface area (Å²) in [6, 6.07) is 4.17. The average Bonchev–Trinajstić information content (AvgIpc) is 3.40. The monoisotopic (exact) mass is 520 g/mol. The molecular weight excluding hydrogens is 488 g/mol. The first kappa shape index (κ1) is 26.8. The maximum Gasteiger partial charge on any atom is 0.418 e. The van der Waals surface area contributed by atoms with Crippen molar-refractivity contribution >= 4 is 24.2 Å². The number of aromatic nitrogens is 3. The lowest BCUT2D eigenvalue weighted by Crippen LogP contribution is -2.43. The van der Waals surface area contributed by atoms with Gasteiger partial charge >= 0.3 is 12.1 Å². The summed E-state index contributed by atoms with van der Waals surface area (Å²) < 4.78 is 18.4. The standard InChI is InChI=1S/C28H32N4O6/c1-9-31-15-18(14-29-31)17-10-11-19-20(12-17)25(34)32(26(35)37-28(6,7)8)21(13-22(33)36-27(3,4)5)24-23(19)16(2)30-38-24/h9-12,14-15,21H,1,13H2,2-8H3/t21-/m0/s1. The van der Waals surface area contributed by atoms with Gasteiger partial charge in [0.15, 0.2) is 5.76 Å². The van der Waals surface area contributed by atoms with E-state index in [1.54, 1.807) is 83.9 Å². The van der Waals surface area contributed by atoms with Crippen molar-refractivity contribution in [2.45, 2.75) is 72.1 Å². The van der Waals surface area contributed by atoms with Crippen molar-refractivity contribution in [2.24, 2.45) is 0 Å². The van der Waals surface area contributed by atoms with Gasteiger partial charge in [-0.15, -0.1) is 0 Å². The zero-order valence-corrected chi connectivity index (χ0v) is 22.7. The summed E-state index contributed by atoms with van der Waals surface area (Å²) in [5.74, 6) is -1.03. The second-order valence-corrected chi connectivity index (χ2v) is 11.1. The zero-order chi connectivity index (χ0) is 28.0. The van der Waals surface area contributed by atoms with Gasteiger partial charge in [0.2, 0.25) is 0 Å². The average molecular weight is 521 g/mol. The highest BCUT2D eigenvalue weighted by Gasteiger charge is 2.44. The molecule has 2 amide bonds. The third-order valence-electron chi connectivity index (χ3n) is 5.73. The third-order valence-corrected chi connectivity index (χ3v) is 5.73. The summed E-state index contributed by atoms with van der Waals surface area (Å²) in [7, 11) is 0. The number of aryl methyl sites for hydroxylation is 1. The van der Waals surface area contributed by atoms with Crippen LogP contribution in [0, 0.1) is 6.92 Å². The third kappa shape index (κ3) is 5.39. The molecule has 0 saturated heterocycles. The number of ether oxygens (including phenoxy) is 2. The first-order chi connectivity index (χ1) is 17.7. The number of carbonyl (C=O) groups excluding carboxylic acids is 3. The second kappa shape index (κ2) is 9.59. The SMILES string of the molecule is C=Cn1cc(-c2ccc3c(c2)C(=O)N(C(=O)OC(C)(C)C)[C@@H](CC(=O)OC(C)(C)C)c2onc(C)c2-3)cn1. The number of imide groups is 1. The van der Waals surface area contributed by atoms with Gasteiger partial charge in [0, 0.05) is 23.5 Å². The molecule has 1 aromatic carbocycles. The fourth-order valence-electron chi connectivity index (χ4n) is 4.28. The number of fused-ring (bicyclic) bond motifs is 3. The molecule has 3 aromatic rings. The van der Waals surface area contributed by atoms with Crippen LogP contribution in [0.5, 0.6) is 0 Å². The Morgan fingerprint density at radius 2 is 1.76 bits per heavy atom. The Balaban J connectivity index is 1.90. The Labute approximate surface area is 221 Å². The van der Waals surface area contributed by atoms with Crippen molar-refractivity contribution in [3.05, 3.63) is 54.2 Å². The van der Waals surface area contributed by atoms with Crippen LogP contribution in [0.15, 0.2) is 41.7 Å². The van der Waals surface area contributed by atoms with Gasteiger partial charge in [0.05, 0.1) is 23.9 Å². The van der Waals surface area contributed by atoms with Crippen molar-refractivity contribution in [1.82, 2.24) is 19.8 Å². The van der Waals surface area contributed by atoms with Gasteiger partial charge in [-0.25, -0.2) is 14.4 Å². The summed E-state index contributed by atoms with van der Waals surface area (Å²) in [6.07, 6.45) is 3.72. The number of esters is 1. The number of nitrogens with zero attached hydrogens (tertiary/aromatic N) is 4. The number of rotatable bonds is 4. The molecule has 0 saturated carbocycles. The molecule has 0 aliphatic carbocycles. The summed E-state index contributed by atoms with van der Waals surface area (Å²) >= 11 is 0. The van der Waals surface area contributed by atoms with E-state index in [4.69, 9.17) is 14.0 Å². The topological polar surface area (TPSA) is 117 Å². The molecule has 0 unspecified atom stereocenters. The van der Waals surface area contributed by atoms with E-state index in [9.17, 15) is 14.4 Å². The lowest BCUT2D eigenvalue weighted by molar-refractivity contribution is -0.156. The summed E-state index contributed by atoms with van der Waals surface area (Å²) in [5, 5.41) is 8.33. The van der Waals surface area contributed by atoms with E-state index >= 15 is 0 Å². The quantitative estimate of drug-likeness (QED) is 0.398. The highest BCUT2D eigenvalue weighted by Crippen LogP contribution is 2.43. The van der Waals surface area contributed by atoms with Crippen LogP contribution in [0.3, 0.4) is 0 Å². The molecule has 2 aromatic heterocycles. The maximum absolute atomic E-state index is 14.1. The largest absolute Gasteiger partial charge is 0.460 e. The van der Waals surface area contributed by atoms with Gasteiger partial charge < -0.3 is 14.0 Å². The Kier molecular flexibility index (Phi) is 6.77. The van der Waals surface area contributed by atoms with Gasteiger partial charge in [-0.1, -0.05) is 23.9 Å². The van der Waals surface area contributed by atoms with Gasteiger partial charge in [0.25, 0.3) is 5.91 Å². The number of hydrogen-bond acceptors (Lipinski definition) is 8. The van der Waals surface area contributed by atoms with Crippen molar-refractivity contribution in [1.29, 1.82) is 0 Å². The number of benzene rings is 1. The number of amides is 2. The normalized spacial score (nSPS) is 15.4. The second-order valence-electron chi connectivity index (χ2n) is 11.1. The lowest BCUT2D eigenvalue weighted by Gasteiger charge is -2.30. The Morgan fingerprint density at radius 3 is 2.37 bits per heavy atom. The predicted octanol–water partition coefficient (Wildman–Crippen LogP) is 5.78. The van der Waals surface area contributed by atoms with Gasteiger partial charge in [-0.3, -0.25) is 9.59 Å². The molecule has 10 nitrogen and oxygen atoms in total. The molecule has 0 fully saturated rings. The van der Waals surface area contributed by atoms with Crippen LogP contribution in [-0.4, -0.2) is 49.0 Å². The fraction of sp³-hybridized carbons (Fsp3) is 0.393. The molecule has 0 bridgehead atoms. The molecule has 0 spiro atoms. The summed E-state index contributed by atoms with van der Waals surface area (Å²) in [6.45, 7) is 15.8. The molecule has 1 atom stereocenters. The smallest absolute Gasteiger partial charge is 0.418 e. The summed E-state index contributed by atoms with van der Waals surface area (Å²) in [4.78, 5) is 41.6. The van der Waals surface area contributed by atoms with Crippen LogP contribution < -0.4 is 0 Å². The maximum atomic E-state index is 14.1. The molecule has 1 aliphatic rings. The van der Waals surface area contributed by atoms with E-state index in [-0.39, 0.29) is 17.7 Å². The van der Waals surface area contributed by atoms with Crippen LogP contribution >= 0.6 is 0 Å². The Bertz CT molecular complexity index is 1420. The van der Waals surface area contributed by atoms with E-state index in [0.717, 1.165) is 10.5 Å². The molecule has 10 heteroatoms. The number of carbonyl (C=O) groups is 3. The highest BCUT2D eigenvalue weighted by atomic mass is 16.6. The molecule has 0 radical (unpaired) electrons. The Morgan fingerprint density at radius 1 is 1.08 bits per heavy atom. The van der Waals surface area contributed by atoms with E-state index in [1.165, 1.54) is 0 Å². The van der Waals surface area contributed by atoms with Crippen LogP contribution in [0.2, 0.25) is 0 Å². The number of hydrogen-bond donors (Lipinski definition) is 0. The van der Waals surface area contributed by atoms with Crippen molar-refractivity contribution in [3.8, 4) is 22.3 Å². The first-order valence-corrected chi connectivity index (χ1v) is 12.2. The van der Waals surface area contributed by atoms with Gasteiger partial charge in [-0.05, 0) is 65.7 Å². The van der Waals surface area contributed by atoms with Crippen LogP contribution in [0.1, 0.15) is 75.8 Å². The Hall–Kier alpha value is -4.21. The molecular formula is C28H32N4O6. The molecule has 0 N–H and O–H groups in total. The molecule has 38 heavy (non-hydrogen) atoms. The molecule has 1 aliphatic heterocycles. The van der Waals surface area contributed by atoms with E-state index in [2.05, 4.69) is 16.8 Å². The van der Waals surface area contributed by atoms with E-state index < -0.39 is 35.2 Å².